The molecule has 0 saturated heterocycles. The second kappa shape index (κ2) is 8.20. The number of guanidine groups is 1. The van der Waals surface area contributed by atoms with Gasteiger partial charge in [-0.15, -0.1) is 25.6 Å². The average Bonchev–Trinajstić information content (AvgIpc) is 2.34. The van der Waals surface area contributed by atoms with Gasteiger partial charge in [-0.05, 0) is 17.7 Å². The number of carbonyl (C=O) groups excluding carboxylic acids is 1. The third kappa shape index (κ3) is 7.88. The molecule has 21 heavy (non-hydrogen) atoms. The number of hydrogen-bond acceptors (Lipinski definition) is 4. The number of carbonyl (C=O) groups is 1. The molecule has 1 aromatic rings. The second-order valence-electron chi connectivity index (χ2n) is 3.51. The van der Waals surface area contributed by atoms with Crippen molar-refractivity contribution in [3.05, 3.63) is 29.8 Å². The Bertz CT molecular complexity index is 492. The lowest BCUT2D eigenvalue weighted by Crippen LogP contribution is -2.38. The number of rotatable bonds is 3. The number of nitrogens with zero attached hydrogens (tertiary/aromatic N) is 1. The number of nitrogens with one attached hydrogen (secondary N) is 1. The number of alkyl halides is 3. The smallest absolute Gasteiger partial charge is 0.497 e. The highest BCUT2D eigenvalue weighted by Gasteiger charge is 2.27. The molecule has 0 spiro atoms. The average molecular weight is 328 g/mol. The van der Waals surface area contributed by atoms with E-state index in [1.165, 1.54) is 7.11 Å². The van der Waals surface area contributed by atoms with Crippen LogP contribution in [0.1, 0.15) is 5.56 Å². The van der Waals surface area contributed by atoms with Crippen molar-refractivity contribution in [3.8, 4) is 5.75 Å². The number of nitrogens with two attached hydrogens (primary N) is 1. The van der Waals surface area contributed by atoms with Crippen LogP contribution in [-0.4, -0.2) is 25.5 Å². The van der Waals surface area contributed by atoms with Gasteiger partial charge in [-0.3, -0.25) is 5.32 Å². The zero-order chi connectivity index (χ0) is 15.2. The molecule has 0 bridgehead atoms. The molecule has 0 saturated carbocycles. The van der Waals surface area contributed by atoms with Crippen LogP contribution >= 0.6 is 12.4 Å². The quantitative estimate of drug-likeness (QED) is 0.506. The van der Waals surface area contributed by atoms with Crippen molar-refractivity contribution >= 4 is 24.5 Å². The van der Waals surface area contributed by atoms with E-state index < -0.39 is 18.4 Å². The summed E-state index contributed by atoms with van der Waals surface area (Å²) in [5.74, 6) is -0.461. The standard InChI is InChI=1S/C11H12F3N3O3.ClH/c1-19-8-4-2-7(3-5-8)6-20-10(18)16-9(15)17-11(12,13)14;/h2-5H,6H2,1H3,(H3,15,16,17,18);1H. The SMILES string of the molecule is COc1ccc(COC(=O)N/C(N)=N/C(F)(F)F)cc1.Cl. The fraction of sp³-hybridized carbons (Fsp3) is 0.273. The Morgan fingerprint density at radius 2 is 1.90 bits per heavy atom. The number of hydrogen-bond donors (Lipinski definition) is 2. The minimum absolute atomic E-state index is 0. The van der Waals surface area contributed by atoms with Crippen molar-refractivity contribution in [2.45, 2.75) is 12.9 Å². The minimum atomic E-state index is -4.85. The van der Waals surface area contributed by atoms with E-state index in [9.17, 15) is 18.0 Å². The molecular weight excluding hydrogens is 315 g/mol. The summed E-state index contributed by atoms with van der Waals surface area (Å²) < 4.78 is 45.0. The molecule has 3 N–H and O–H groups in total. The molecule has 0 aliphatic carbocycles. The number of aliphatic imine (C=N–C) groups is 1. The summed E-state index contributed by atoms with van der Waals surface area (Å²) in [5, 5.41) is 1.65. The van der Waals surface area contributed by atoms with Gasteiger partial charge in [-0.2, -0.15) is 4.99 Å². The molecule has 1 rings (SSSR count). The molecule has 0 radical (unpaired) electrons. The maximum absolute atomic E-state index is 11.8. The number of benzene rings is 1. The molecule has 0 aliphatic heterocycles. The largest absolute Gasteiger partial charge is 0.506 e. The predicted octanol–water partition coefficient (Wildman–Crippen LogP) is 2.18. The first kappa shape index (κ1) is 18.8. The van der Waals surface area contributed by atoms with Crippen LogP contribution in [0, 0.1) is 0 Å². The Kier molecular flexibility index (Phi) is 7.36. The number of alkyl carbamates (subject to hydrolysis) is 1. The molecule has 0 aliphatic rings. The van der Waals surface area contributed by atoms with Gasteiger partial charge in [0, 0.05) is 0 Å². The summed E-state index contributed by atoms with van der Waals surface area (Å²) >= 11 is 0. The van der Waals surface area contributed by atoms with E-state index in [-0.39, 0.29) is 19.0 Å². The molecule has 0 atom stereocenters. The first-order valence-corrected chi connectivity index (χ1v) is 5.29. The summed E-state index contributed by atoms with van der Waals surface area (Å²) in [7, 11) is 1.50. The van der Waals surface area contributed by atoms with Gasteiger partial charge in [-0.25, -0.2) is 4.79 Å². The first-order valence-electron chi connectivity index (χ1n) is 5.29. The summed E-state index contributed by atoms with van der Waals surface area (Å²) in [5.41, 5.74) is 5.50. The van der Waals surface area contributed by atoms with E-state index in [0.29, 0.717) is 11.3 Å². The lowest BCUT2D eigenvalue weighted by atomic mass is 10.2. The highest BCUT2D eigenvalue weighted by atomic mass is 35.5. The van der Waals surface area contributed by atoms with E-state index in [2.05, 4.69) is 9.73 Å². The van der Waals surface area contributed by atoms with Crippen molar-refractivity contribution in [2.75, 3.05) is 7.11 Å². The highest BCUT2D eigenvalue weighted by molar-refractivity contribution is 5.92. The Morgan fingerprint density at radius 3 is 2.38 bits per heavy atom. The molecular formula is C11H13ClF3N3O3. The predicted molar refractivity (Wildman–Crippen MR) is 71.2 cm³/mol. The zero-order valence-corrected chi connectivity index (χ0v) is 11.6. The maximum Gasteiger partial charge on any atom is 0.506 e. The van der Waals surface area contributed by atoms with Gasteiger partial charge in [0.2, 0.25) is 5.96 Å². The molecule has 1 aromatic carbocycles. The number of halogens is 4. The minimum Gasteiger partial charge on any atom is -0.497 e. The second-order valence-corrected chi connectivity index (χ2v) is 3.51. The number of methoxy groups -OCH3 is 1. The zero-order valence-electron chi connectivity index (χ0n) is 10.8. The van der Waals surface area contributed by atoms with Gasteiger partial charge in [0.05, 0.1) is 7.11 Å². The number of ether oxygens (including phenoxy) is 2. The van der Waals surface area contributed by atoms with Crippen LogP contribution < -0.4 is 15.8 Å². The van der Waals surface area contributed by atoms with Crippen molar-refractivity contribution in [3.63, 3.8) is 0 Å². The van der Waals surface area contributed by atoms with E-state index >= 15 is 0 Å². The summed E-state index contributed by atoms with van der Waals surface area (Å²) in [6, 6.07) is 6.57. The van der Waals surface area contributed by atoms with E-state index in [1.54, 1.807) is 29.6 Å². The molecule has 0 unspecified atom stereocenters. The lowest BCUT2D eigenvalue weighted by molar-refractivity contribution is -0.119. The maximum atomic E-state index is 11.8. The van der Waals surface area contributed by atoms with Crippen molar-refractivity contribution in [2.24, 2.45) is 10.7 Å². The van der Waals surface area contributed by atoms with Gasteiger partial charge >= 0.3 is 12.4 Å². The Morgan fingerprint density at radius 1 is 1.33 bits per heavy atom. The normalized spacial score (nSPS) is 11.3. The van der Waals surface area contributed by atoms with E-state index in [4.69, 9.17) is 10.5 Å². The summed E-state index contributed by atoms with van der Waals surface area (Å²) in [6.07, 6.45) is -5.99. The van der Waals surface area contributed by atoms with Gasteiger partial charge < -0.3 is 15.2 Å². The first-order chi connectivity index (χ1) is 9.30. The van der Waals surface area contributed by atoms with Crippen LogP contribution in [0.2, 0.25) is 0 Å². The highest BCUT2D eigenvalue weighted by Crippen LogP contribution is 2.15. The Balaban J connectivity index is 0.00000400. The van der Waals surface area contributed by atoms with Gasteiger partial charge in [0.1, 0.15) is 12.4 Å². The monoisotopic (exact) mass is 327 g/mol. The van der Waals surface area contributed by atoms with Crippen molar-refractivity contribution in [1.29, 1.82) is 0 Å². The summed E-state index contributed by atoms with van der Waals surface area (Å²) in [6.45, 7) is -0.130. The fourth-order valence-corrected chi connectivity index (χ4v) is 1.18. The van der Waals surface area contributed by atoms with Crippen molar-refractivity contribution < 1.29 is 27.4 Å². The van der Waals surface area contributed by atoms with Gasteiger partial charge in [0.25, 0.3) is 0 Å². The molecule has 10 heteroatoms. The van der Waals surface area contributed by atoms with Crippen LogP contribution in [0.5, 0.6) is 5.75 Å². The molecule has 0 fully saturated rings. The van der Waals surface area contributed by atoms with Crippen LogP contribution in [0.15, 0.2) is 29.3 Å². The third-order valence-corrected chi connectivity index (χ3v) is 2.01. The molecule has 6 nitrogen and oxygen atoms in total. The van der Waals surface area contributed by atoms with Crippen molar-refractivity contribution in [1.82, 2.24) is 5.32 Å². The molecule has 1 amide bonds. The fourth-order valence-electron chi connectivity index (χ4n) is 1.18. The lowest BCUT2D eigenvalue weighted by Gasteiger charge is -2.07. The molecule has 118 valence electrons. The van der Waals surface area contributed by atoms with Crippen LogP contribution in [0.4, 0.5) is 18.0 Å². The Hall–Kier alpha value is -2.16. The van der Waals surface area contributed by atoms with Crippen LogP contribution in [0.3, 0.4) is 0 Å². The van der Waals surface area contributed by atoms with E-state index in [0.717, 1.165) is 0 Å². The van der Waals surface area contributed by atoms with E-state index in [1.807, 2.05) is 0 Å². The van der Waals surface area contributed by atoms with Crippen LogP contribution in [-0.2, 0) is 11.3 Å². The molecule has 0 aromatic heterocycles. The Labute approximate surface area is 124 Å². The van der Waals surface area contributed by atoms with Crippen LogP contribution in [0.25, 0.3) is 0 Å². The van der Waals surface area contributed by atoms with Gasteiger partial charge in [0.15, 0.2) is 0 Å². The van der Waals surface area contributed by atoms with Gasteiger partial charge in [-0.1, -0.05) is 12.1 Å². The topological polar surface area (TPSA) is 85.9 Å². The molecule has 0 heterocycles. The third-order valence-electron chi connectivity index (χ3n) is 2.01. The number of amides is 1. The summed E-state index contributed by atoms with van der Waals surface area (Å²) in [4.78, 5) is 13.2.